The van der Waals surface area contributed by atoms with E-state index >= 15 is 0 Å². The number of carbonyl (C=O) groups excluding carboxylic acids is 1. The topological polar surface area (TPSA) is 65.0 Å². The lowest BCUT2D eigenvalue weighted by Crippen LogP contribution is -2.16. The number of hydrogen-bond acceptors (Lipinski definition) is 5. The van der Waals surface area contributed by atoms with Gasteiger partial charge in [-0.25, -0.2) is 4.39 Å². The molecule has 0 aliphatic carbocycles. The summed E-state index contributed by atoms with van der Waals surface area (Å²) in [4.78, 5) is 26.4. The molecular formula is C22H22FN3O2. The molecule has 0 amide bonds. The van der Waals surface area contributed by atoms with Gasteiger partial charge in [-0.15, -0.1) is 0 Å². The highest BCUT2D eigenvalue weighted by Crippen LogP contribution is 2.31. The summed E-state index contributed by atoms with van der Waals surface area (Å²) in [6, 6.07) is 9.48. The molecule has 3 rings (SSSR count). The van der Waals surface area contributed by atoms with Gasteiger partial charge in [0.2, 0.25) is 0 Å². The lowest BCUT2D eigenvalue weighted by Gasteiger charge is -2.18. The Kier molecular flexibility index (Phi) is 5.78. The molecule has 144 valence electrons. The van der Waals surface area contributed by atoms with Crippen LogP contribution in [0.1, 0.15) is 55.2 Å². The number of nitrogens with zero attached hydrogens (tertiary/aromatic N) is 3. The van der Waals surface area contributed by atoms with Gasteiger partial charge in [-0.2, -0.15) is 9.97 Å². The first kappa shape index (κ1) is 19.6. The van der Waals surface area contributed by atoms with Crippen LogP contribution in [0.4, 0.5) is 4.39 Å². The van der Waals surface area contributed by atoms with E-state index in [0.29, 0.717) is 28.1 Å². The third-order valence-corrected chi connectivity index (χ3v) is 4.07. The first-order valence-electron chi connectivity index (χ1n) is 9.16. The smallest absolute Gasteiger partial charge is 0.317 e. The SMILES string of the molecule is CC(C)Oc1nc(-c2ccc(F)cc2)c(C(=O)c2cccnc2)c(C(C)C)n1. The van der Waals surface area contributed by atoms with Crippen LogP contribution >= 0.6 is 0 Å². The first-order valence-corrected chi connectivity index (χ1v) is 9.16. The molecule has 28 heavy (non-hydrogen) atoms. The third kappa shape index (κ3) is 4.22. The Labute approximate surface area is 163 Å². The van der Waals surface area contributed by atoms with Gasteiger partial charge in [0.1, 0.15) is 5.82 Å². The molecule has 3 aromatic rings. The summed E-state index contributed by atoms with van der Waals surface area (Å²) < 4.78 is 19.2. The molecule has 0 atom stereocenters. The molecule has 0 saturated carbocycles. The van der Waals surface area contributed by atoms with Crippen LogP contribution in [0.2, 0.25) is 0 Å². The van der Waals surface area contributed by atoms with Gasteiger partial charge in [0, 0.05) is 23.5 Å². The average Bonchev–Trinajstić information content (AvgIpc) is 2.67. The molecule has 2 heterocycles. The van der Waals surface area contributed by atoms with Crippen LogP contribution in [0, 0.1) is 5.82 Å². The van der Waals surface area contributed by atoms with Crippen molar-refractivity contribution >= 4 is 5.78 Å². The van der Waals surface area contributed by atoms with E-state index in [1.54, 1.807) is 30.5 Å². The number of carbonyl (C=O) groups is 1. The van der Waals surface area contributed by atoms with Crippen molar-refractivity contribution in [2.45, 2.75) is 39.7 Å². The minimum Gasteiger partial charge on any atom is -0.461 e. The van der Waals surface area contributed by atoms with Crippen molar-refractivity contribution in [3.63, 3.8) is 0 Å². The van der Waals surface area contributed by atoms with E-state index in [0.717, 1.165) is 0 Å². The minimum absolute atomic E-state index is 0.0488. The predicted molar refractivity (Wildman–Crippen MR) is 105 cm³/mol. The Morgan fingerprint density at radius 1 is 1.04 bits per heavy atom. The van der Waals surface area contributed by atoms with Crippen LogP contribution in [-0.2, 0) is 0 Å². The summed E-state index contributed by atoms with van der Waals surface area (Å²) in [6.07, 6.45) is 3.00. The van der Waals surface area contributed by atoms with E-state index in [1.807, 2.05) is 27.7 Å². The van der Waals surface area contributed by atoms with Gasteiger partial charge in [-0.1, -0.05) is 13.8 Å². The Balaban J connectivity index is 2.27. The molecule has 1 aromatic carbocycles. The van der Waals surface area contributed by atoms with Crippen LogP contribution in [0.5, 0.6) is 6.01 Å². The van der Waals surface area contributed by atoms with Crippen LogP contribution in [-0.4, -0.2) is 26.8 Å². The summed E-state index contributed by atoms with van der Waals surface area (Å²) in [5.41, 5.74) is 2.44. The molecule has 5 nitrogen and oxygen atoms in total. The fourth-order valence-electron chi connectivity index (χ4n) is 2.82. The average molecular weight is 379 g/mol. The lowest BCUT2D eigenvalue weighted by atomic mass is 9.93. The van der Waals surface area contributed by atoms with E-state index in [9.17, 15) is 9.18 Å². The highest BCUT2D eigenvalue weighted by atomic mass is 19.1. The molecular weight excluding hydrogens is 357 g/mol. The van der Waals surface area contributed by atoms with Gasteiger partial charge in [0.05, 0.1) is 23.1 Å². The third-order valence-electron chi connectivity index (χ3n) is 4.07. The van der Waals surface area contributed by atoms with Crippen molar-refractivity contribution in [1.29, 1.82) is 0 Å². The van der Waals surface area contributed by atoms with E-state index in [4.69, 9.17) is 4.74 Å². The maximum absolute atomic E-state index is 13.5. The van der Waals surface area contributed by atoms with Crippen molar-refractivity contribution in [2.75, 3.05) is 0 Å². The number of halogens is 1. The normalized spacial score (nSPS) is 11.1. The van der Waals surface area contributed by atoms with Crippen LogP contribution in [0.15, 0.2) is 48.8 Å². The summed E-state index contributed by atoms with van der Waals surface area (Å²) in [7, 11) is 0. The second-order valence-corrected chi connectivity index (χ2v) is 7.01. The van der Waals surface area contributed by atoms with Crippen molar-refractivity contribution in [2.24, 2.45) is 0 Å². The fourth-order valence-corrected chi connectivity index (χ4v) is 2.82. The Bertz CT molecular complexity index is 971. The molecule has 0 radical (unpaired) electrons. The quantitative estimate of drug-likeness (QED) is 0.575. The Hall–Kier alpha value is -3.15. The molecule has 0 spiro atoms. The number of pyridine rings is 1. The van der Waals surface area contributed by atoms with E-state index in [1.165, 1.54) is 18.3 Å². The fraction of sp³-hybridized carbons (Fsp3) is 0.273. The molecule has 0 N–H and O–H groups in total. The molecule has 0 bridgehead atoms. The van der Waals surface area contributed by atoms with Gasteiger partial charge in [-0.3, -0.25) is 9.78 Å². The zero-order valence-electron chi connectivity index (χ0n) is 16.3. The minimum atomic E-state index is -0.360. The number of benzene rings is 1. The van der Waals surface area contributed by atoms with Crippen molar-refractivity contribution in [3.8, 4) is 17.3 Å². The lowest BCUT2D eigenvalue weighted by molar-refractivity contribution is 0.103. The van der Waals surface area contributed by atoms with Crippen LogP contribution in [0.25, 0.3) is 11.3 Å². The molecule has 0 unspecified atom stereocenters. The summed E-state index contributed by atoms with van der Waals surface area (Å²) in [6.45, 7) is 7.67. The standard InChI is InChI=1S/C22H22FN3O2/c1-13(2)19-18(21(27)16-6-5-11-24-12-16)20(15-7-9-17(23)10-8-15)26-22(25-19)28-14(3)4/h5-14H,1-4H3. The summed E-state index contributed by atoms with van der Waals surface area (Å²) in [5, 5.41) is 0. The van der Waals surface area contributed by atoms with Gasteiger partial charge in [0.15, 0.2) is 5.78 Å². The van der Waals surface area contributed by atoms with Crippen LogP contribution in [0.3, 0.4) is 0 Å². The summed E-state index contributed by atoms with van der Waals surface area (Å²) >= 11 is 0. The molecule has 0 aliphatic rings. The second-order valence-electron chi connectivity index (χ2n) is 7.01. The van der Waals surface area contributed by atoms with E-state index in [-0.39, 0.29) is 29.6 Å². The molecule has 6 heteroatoms. The number of hydrogen-bond donors (Lipinski definition) is 0. The maximum atomic E-state index is 13.5. The van der Waals surface area contributed by atoms with Crippen molar-refractivity contribution in [3.05, 3.63) is 71.4 Å². The molecule has 0 saturated heterocycles. The number of rotatable bonds is 6. The van der Waals surface area contributed by atoms with E-state index in [2.05, 4.69) is 15.0 Å². The van der Waals surface area contributed by atoms with Gasteiger partial charge >= 0.3 is 6.01 Å². The zero-order valence-corrected chi connectivity index (χ0v) is 16.3. The van der Waals surface area contributed by atoms with Gasteiger partial charge in [-0.05, 0) is 56.2 Å². The number of aromatic nitrogens is 3. The van der Waals surface area contributed by atoms with Crippen LogP contribution < -0.4 is 4.74 Å². The summed E-state index contributed by atoms with van der Waals surface area (Å²) in [5.74, 6) is -0.639. The highest BCUT2D eigenvalue weighted by molar-refractivity contribution is 6.13. The first-order chi connectivity index (χ1) is 13.4. The molecule has 2 aromatic heterocycles. The largest absolute Gasteiger partial charge is 0.461 e. The van der Waals surface area contributed by atoms with Gasteiger partial charge < -0.3 is 4.74 Å². The molecule has 0 fully saturated rings. The number of ketones is 1. The van der Waals surface area contributed by atoms with E-state index < -0.39 is 0 Å². The highest BCUT2D eigenvalue weighted by Gasteiger charge is 2.25. The molecule has 0 aliphatic heterocycles. The monoisotopic (exact) mass is 379 g/mol. The Morgan fingerprint density at radius 2 is 1.75 bits per heavy atom. The van der Waals surface area contributed by atoms with Crippen molar-refractivity contribution < 1.29 is 13.9 Å². The van der Waals surface area contributed by atoms with Crippen molar-refractivity contribution in [1.82, 2.24) is 15.0 Å². The maximum Gasteiger partial charge on any atom is 0.317 e. The second kappa shape index (κ2) is 8.25. The zero-order chi connectivity index (χ0) is 20.3. The predicted octanol–water partition coefficient (Wildman–Crippen LogP) is 4.82. The number of ether oxygens (including phenoxy) is 1. The van der Waals surface area contributed by atoms with Gasteiger partial charge in [0.25, 0.3) is 0 Å². The Morgan fingerprint density at radius 3 is 2.32 bits per heavy atom.